The highest BCUT2D eigenvalue weighted by Crippen LogP contribution is 2.32. The van der Waals surface area contributed by atoms with Gasteiger partial charge in [0.15, 0.2) is 11.5 Å². The summed E-state index contributed by atoms with van der Waals surface area (Å²) < 4.78 is 11.2. The Bertz CT molecular complexity index is 895. The van der Waals surface area contributed by atoms with Gasteiger partial charge >= 0.3 is 6.03 Å². The Morgan fingerprint density at radius 3 is 2.43 bits per heavy atom. The summed E-state index contributed by atoms with van der Waals surface area (Å²) in [6, 6.07) is 14.9. The third kappa shape index (κ3) is 4.67. The molecular formula is C23H27N3O4. The van der Waals surface area contributed by atoms with E-state index in [1.54, 1.807) is 4.90 Å². The van der Waals surface area contributed by atoms with Crippen LogP contribution in [0.25, 0.3) is 0 Å². The molecule has 0 aromatic heterocycles. The SMILES string of the molecule is C[C@@H](NC(=O)C1CCN(C(=O)Nc2ccccc2)CC1)c1ccc2c(c1)OCCO2. The number of anilines is 1. The van der Waals surface area contributed by atoms with Gasteiger partial charge in [-0.2, -0.15) is 0 Å². The van der Waals surface area contributed by atoms with E-state index in [2.05, 4.69) is 10.6 Å². The number of piperidine rings is 1. The van der Waals surface area contributed by atoms with Gasteiger partial charge in [0.05, 0.1) is 6.04 Å². The molecule has 7 nitrogen and oxygen atoms in total. The number of nitrogens with zero attached hydrogens (tertiary/aromatic N) is 1. The van der Waals surface area contributed by atoms with E-state index in [9.17, 15) is 9.59 Å². The van der Waals surface area contributed by atoms with Crippen molar-refractivity contribution in [3.05, 3.63) is 54.1 Å². The molecule has 0 unspecified atom stereocenters. The molecule has 2 heterocycles. The Balaban J connectivity index is 1.27. The van der Waals surface area contributed by atoms with Crippen LogP contribution in [0.5, 0.6) is 11.5 Å². The molecule has 0 bridgehead atoms. The first-order valence-electron chi connectivity index (χ1n) is 10.4. The minimum atomic E-state index is -0.132. The number of urea groups is 1. The van der Waals surface area contributed by atoms with Gasteiger partial charge < -0.3 is 25.0 Å². The average Bonchev–Trinajstić information content (AvgIpc) is 2.79. The van der Waals surface area contributed by atoms with E-state index in [-0.39, 0.29) is 23.9 Å². The fourth-order valence-corrected chi connectivity index (χ4v) is 3.81. The summed E-state index contributed by atoms with van der Waals surface area (Å²) in [7, 11) is 0. The van der Waals surface area contributed by atoms with Crippen LogP contribution in [0.2, 0.25) is 0 Å². The Morgan fingerprint density at radius 1 is 1.00 bits per heavy atom. The highest BCUT2D eigenvalue weighted by atomic mass is 16.6. The topological polar surface area (TPSA) is 79.9 Å². The van der Waals surface area contributed by atoms with Gasteiger partial charge in [-0.05, 0) is 49.6 Å². The van der Waals surface area contributed by atoms with Crippen molar-refractivity contribution in [1.29, 1.82) is 0 Å². The number of likely N-dealkylation sites (tertiary alicyclic amines) is 1. The first-order valence-corrected chi connectivity index (χ1v) is 10.4. The van der Waals surface area contributed by atoms with Crippen LogP contribution in [0.15, 0.2) is 48.5 Å². The molecule has 0 radical (unpaired) electrons. The van der Waals surface area contributed by atoms with Gasteiger partial charge in [-0.1, -0.05) is 24.3 Å². The van der Waals surface area contributed by atoms with Gasteiger partial charge in [0.1, 0.15) is 13.2 Å². The first kappa shape index (κ1) is 20.1. The second-order valence-corrected chi connectivity index (χ2v) is 7.69. The van der Waals surface area contributed by atoms with E-state index in [1.807, 2.05) is 55.5 Å². The highest BCUT2D eigenvalue weighted by molar-refractivity contribution is 5.89. The summed E-state index contributed by atoms with van der Waals surface area (Å²) in [5.74, 6) is 1.40. The van der Waals surface area contributed by atoms with Crippen LogP contribution in [-0.2, 0) is 4.79 Å². The molecule has 7 heteroatoms. The summed E-state index contributed by atoms with van der Waals surface area (Å²) in [6.45, 7) is 4.18. The van der Waals surface area contributed by atoms with E-state index in [1.165, 1.54) is 0 Å². The predicted molar refractivity (Wildman–Crippen MR) is 114 cm³/mol. The van der Waals surface area contributed by atoms with Crippen molar-refractivity contribution in [3.8, 4) is 11.5 Å². The lowest BCUT2D eigenvalue weighted by molar-refractivity contribution is -0.126. The smallest absolute Gasteiger partial charge is 0.321 e. The Hall–Kier alpha value is -3.22. The van der Waals surface area contributed by atoms with Gasteiger partial charge in [0.25, 0.3) is 0 Å². The highest BCUT2D eigenvalue weighted by Gasteiger charge is 2.28. The molecule has 0 aliphatic carbocycles. The quantitative estimate of drug-likeness (QED) is 0.809. The fraction of sp³-hybridized carbons (Fsp3) is 0.391. The number of para-hydroxylation sites is 1. The maximum Gasteiger partial charge on any atom is 0.321 e. The normalized spacial score (nSPS) is 17.2. The molecule has 1 saturated heterocycles. The molecule has 2 aliphatic heterocycles. The number of benzene rings is 2. The van der Waals surface area contributed by atoms with E-state index >= 15 is 0 Å². The van der Waals surface area contributed by atoms with Crippen LogP contribution in [0.4, 0.5) is 10.5 Å². The molecule has 3 amide bonds. The molecule has 1 fully saturated rings. The summed E-state index contributed by atoms with van der Waals surface area (Å²) in [6.07, 6.45) is 1.31. The zero-order valence-corrected chi connectivity index (χ0v) is 17.1. The second kappa shape index (κ2) is 9.07. The lowest BCUT2D eigenvalue weighted by Crippen LogP contribution is -2.44. The molecular weight excluding hydrogens is 382 g/mol. The molecule has 158 valence electrons. The third-order valence-corrected chi connectivity index (χ3v) is 5.60. The van der Waals surface area contributed by atoms with Gasteiger partial charge in [-0.15, -0.1) is 0 Å². The summed E-state index contributed by atoms with van der Waals surface area (Å²) in [4.78, 5) is 26.9. The largest absolute Gasteiger partial charge is 0.486 e. The van der Waals surface area contributed by atoms with Crippen LogP contribution in [0, 0.1) is 5.92 Å². The molecule has 2 aliphatic rings. The number of nitrogens with one attached hydrogen (secondary N) is 2. The third-order valence-electron chi connectivity index (χ3n) is 5.60. The molecule has 0 spiro atoms. The van der Waals surface area contributed by atoms with E-state index < -0.39 is 0 Å². The number of carbonyl (C=O) groups excluding carboxylic acids is 2. The molecule has 4 rings (SSSR count). The average molecular weight is 409 g/mol. The van der Waals surface area contributed by atoms with Crippen LogP contribution < -0.4 is 20.1 Å². The number of hydrogen-bond donors (Lipinski definition) is 2. The van der Waals surface area contributed by atoms with Crippen molar-refractivity contribution >= 4 is 17.6 Å². The molecule has 2 aromatic rings. The Kier molecular flexibility index (Phi) is 6.07. The van der Waals surface area contributed by atoms with Crippen molar-refractivity contribution in [3.63, 3.8) is 0 Å². The molecule has 30 heavy (non-hydrogen) atoms. The van der Waals surface area contributed by atoms with Crippen molar-refractivity contribution in [2.24, 2.45) is 5.92 Å². The van der Waals surface area contributed by atoms with Crippen molar-refractivity contribution < 1.29 is 19.1 Å². The van der Waals surface area contributed by atoms with Crippen LogP contribution in [-0.4, -0.2) is 43.1 Å². The van der Waals surface area contributed by atoms with Crippen LogP contribution >= 0.6 is 0 Å². The number of ether oxygens (including phenoxy) is 2. The summed E-state index contributed by atoms with van der Waals surface area (Å²) in [5.41, 5.74) is 1.75. The maximum absolute atomic E-state index is 12.8. The van der Waals surface area contributed by atoms with Gasteiger partial charge in [0.2, 0.25) is 5.91 Å². The number of amides is 3. The number of fused-ring (bicyclic) bond motifs is 1. The standard InChI is InChI=1S/C23H27N3O4/c1-16(18-7-8-20-21(15-18)30-14-13-29-20)24-22(27)17-9-11-26(12-10-17)23(28)25-19-5-3-2-4-6-19/h2-8,15-17H,9-14H2,1H3,(H,24,27)(H,25,28)/t16-/m1/s1. The van der Waals surface area contributed by atoms with Crippen molar-refractivity contribution in [2.45, 2.75) is 25.8 Å². The molecule has 1 atom stereocenters. The Labute approximate surface area is 176 Å². The number of hydrogen-bond acceptors (Lipinski definition) is 4. The summed E-state index contributed by atoms with van der Waals surface area (Å²) in [5, 5.41) is 6.00. The Morgan fingerprint density at radius 2 is 1.70 bits per heavy atom. The van der Waals surface area contributed by atoms with E-state index in [4.69, 9.17) is 9.47 Å². The monoisotopic (exact) mass is 409 g/mol. The van der Waals surface area contributed by atoms with Crippen LogP contribution in [0.1, 0.15) is 31.4 Å². The molecule has 2 N–H and O–H groups in total. The zero-order valence-electron chi connectivity index (χ0n) is 17.1. The van der Waals surface area contributed by atoms with Crippen molar-refractivity contribution in [2.75, 3.05) is 31.6 Å². The lowest BCUT2D eigenvalue weighted by Gasteiger charge is -2.32. The van der Waals surface area contributed by atoms with Gasteiger partial charge in [0, 0.05) is 24.7 Å². The fourth-order valence-electron chi connectivity index (χ4n) is 3.81. The van der Waals surface area contributed by atoms with E-state index in [0.29, 0.717) is 39.1 Å². The summed E-state index contributed by atoms with van der Waals surface area (Å²) >= 11 is 0. The minimum absolute atomic E-state index is 0.0282. The van der Waals surface area contributed by atoms with Crippen molar-refractivity contribution in [1.82, 2.24) is 10.2 Å². The van der Waals surface area contributed by atoms with Gasteiger partial charge in [-0.25, -0.2) is 4.79 Å². The number of carbonyl (C=O) groups is 2. The second-order valence-electron chi connectivity index (χ2n) is 7.69. The molecule has 2 aromatic carbocycles. The van der Waals surface area contributed by atoms with Crippen LogP contribution in [0.3, 0.4) is 0 Å². The number of rotatable bonds is 4. The minimum Gasteiger partial charge on any atom is -0.486 e. The predicted octanol–water partition coefficient (Wildman–Crippen LogP) is 3.58. The maximum atomic E-state index is 12.8. The van der Waals surface area contributed by atoms with Gasteiger partial charge in [-0.3, -0.25) is 4.79 Å². The lowest BCUT2D eigenvalue weighted by atomic mass is 9.95. The molecule has 0 saturated carbocycles. The zero-order chi connectivity index (χ0) is 20.9. The van der Waals surface area contributed by atoms with E-state index in [0.717, 1.165) is 22.7 Å². The first-order chi connectivity index (χ1) is 14.6.